The summed E-state index contributed by atoms with van der Waals surface area (Å²) >= 11 is 0. The Morgan fingerprint density at radius 1 is 1.26 bits per heavy atom. The first-order chi connectivity index (χ1) is 18.7. The Bertz CT molecular complexity index is 1040. The van der Waals surface area contributed by atoms with Crippen molar-refractivity contribution in [1.82, 2.24) is 10.6 Å². The van der Waals surface area contributed by atoms with Crippen LogP contribution in [0.15, 0.2) is 18.2 Å². The average molecular weight is 545 g/mol. The van der Waals surface area contributed by atoms with Crippen LogP contribution in [-0.4, -0.2) is 82.0 Å². The number of piperidine rings is 1. The van der Waals surface area contributed by atoms with E-state index in [0.717, 1.165) is 18.5 Å². The maximum atomic E-state index is 13.9. The van der Waals surface area contributed by atoms with Crippen molar-refractivity contribution in [2.24, 2.45) is 11.8 Å². The van der Waals surface area contributed by atoms with Gasteiger partial charge in [0.25, 0.3) is 5.91 Å². The molecule has 1 saturated carbocycles. The second-order valence-corrected chi connectivity index (χ2v) is 11.4. The highest BCUT2D eigenvalue weighted by atomic mass is 16.5. The maximum Gasteiger partial charge on any atom is 0.270 e. The molecule has 4 rings (SSSR count). The smallest absolute Gasteiger partial charge is 0.270 e. The van der Waals surface area contributed by atoms with Crippen LogP contribution in [0.3, 0.4) is 0 Å². The molecule has 2 fully saturated rings. The zero-order valence-corrected chi connectivity index (χ0v) is 24.0. The van der Waals surface area contributed by atoms with Crippen molar-refractivity contribution in [3.63, 3.8) is 0 Å². The van der Waals surface area contributed by atoms with Crippen molar-refractivity contribution in [1.29, 1.82) is 0 Å². The van der Waals surface area contributed by atoms with Crippen molar-refractivity contribution in [3.8, 4) is 5.75 Å². The molecule has 3 amide bonds. The fourth-order valence-electron chi connectivity index (χ4n) is 5.37. The number of anilines is 2. The minimum Gasteiger partial charge on any atom is -0.476 e. The van der Waals surface area contributed by atoms with Gasteiger partial charge < -0.3 is 34.6 Å². The van der Waals surface area contributed by atoms with Crippen molar-refractivity contribution < 1.29 is 28.6 Å². The minimum atomic E-state index is -0.975. The Morgan fingerprint density at radius 3 is 2.69 bits per heavy atom. The first-order valence-corrected chi connectivity index (χ1v) is 14.2. The lowest BCUT2D eigenvalue weighted by Crippen LogP contribution is -2.53. The molecule has 2 heterocycles. The zero-order chi connectivity index (χ0) is 28.2. The predicted molar refractivity (Wildman–Crippen MR) is 149 cm³/mol. The van der Waals surface area contributed by atoms with Gasteiger partial charge in [0.05, 0.1) is 24.1 Å². The molecule has 10 nitrogen and oxygen atoms in total. The van der Waals surface area contributed by atoms with Crippen molar-refractivity contribution in [2.45, 2.75) is 71.1 Å². The van der Waals surface area contributed by atoms with Gasteiger partial charge in [-0.15, -0.1) is 0 Å². The summed E-state index contributed by atoms with van der Waals surface area (Å²) in [6.07, 6.45) is 3.05. The van der Waals surface area contributed by atoms with Gasteiger partial charge >= 0.3 is 0 Å². The third-order valence-electron chi connectivity index (χ3n) is 7.55. The molecule has 3 atom stereocenters. The molecule has 216 valence electrons. The number of carbonyl (C=O) groups is 3. The van der Waals surface area contributed by atoms with Gasteiger partial charge in [-0.3, -0.25) is 14.4 Å². The molecule has 0 aromatic heterocycles. The first kappa shape index (κ1) is 29.3. The number of methoxy groups -OCH3 is 1. The van der Waals surface area contributed by atoms with E-state index < -0.39 is 5.60 Å². The second-order valence-electron chi connectivity index (χ2n) is 11.4. The maximum absolute atomic E-state index is 13.9. The molecular weight excluding hydrogens is 500 g/mol. The van der Waals surface area contributed by atoms with Gasteiger partial charge in [0.1, 0.15) is 5.75 Å². The Balaban J connectivity index is 1.52. The van der Waals surface area contributed by atoms with Crippen LogP contribution in [0.25, 0.3) is 0 Å². The molecule has 0 unspecified atom stereocenters. The molecule has 10 heteroatoms. The summed E-state index contributed by atoms with van der Waals surface area (Å²) in [5.74, 6) is -0.130. The minimum absolute atomic E-state index is 0.0131. The number of carbonyl (C=O) groups excluding carboxylic acids is 3. The van der Waals surface area contributed by atoms with Crippen molar-refractivity contribution >= 4 is 29.1 Å². The first-order valence-electron chi connectivity index (χ1n) is 14.2. The number of benzene rings is 1. The molecule has 1 aliphatic carbocycles. The van der Waals surface area contributed by atoms with Crippen LogP contribution in [0, 0.1) is 11.8 Å². The lowest BCUT2D eigenvalue weighted by atomic mass is 9.88. The quantitative estimate of drug-likeness (QED) is 0.389. The Morgan fingerprint density at radius 2 is 2.00 bits per heavy atom. The van der Waals surface area contributed by atoms with Gasteiger partial charge in [0.2, 0.25) is 11.8 Å². The summed E-state index contributed by atoms with van der Waals surface area (Å²) in [5.41, 5.74) is 0.455. The van der Waals surface area contributed by atoms with Crippen molar-refractivity contribution in [2.75, 3.05) is 56.4 Å². The zero-order valence-electron chi connectivity index (χ0n) is 24.0. The Hall–Kier alpha value is -2.69. The highest BCUT2D eigenvalue weighted by Gasteiger charge is 2.43. The molecule has 39 heavy (non-hydrogen) atoms. The Labute approximate surface area is 231 Å². The second kappa shape index (κ2) is 12.7. The number of amides is 3. The molecule has 2 aliphatic heterocycles. The van der Waals surface area contributed by atoms with Crippen LogP contribution >= 0.6 is 0 Å². The normalized spacial score (nSPS) is 23.0. The topological polar surface area (TPSA) is 109 Å². The van der Waals surface area contributed by atoms with Gasteiger partial charge in [-0.05, 0) is 71.6 Å². The summed E-state index contributed by atoms with van der Waals surface area (Å²) in [4.78, 5) is 43.8. The van der Waals surface area contributed by atoms with E-state index in [-0.39, 0.29) is 41.6 Å². The number of nitrogens with zero attached hydrogens (tertiary/aromatic N) is 2. The summed E-state index contributed by atoms with van der Waals surface area (Å²) in [7, 11) is 1.64. The number of hydrogen-bond acceptors (Lipinski definition) is 7. The van der Waals surface area contributed by atoms with Gasteiger partial charge in [0.15, 0.2) is 5.60 Å². The van der Waals surface area contributed by atoms with Gasteiger partial charge in [-0.25, -0.2) is 0 Å². The number of nitrogens with one attached hydrogen (secondary N) is 2. The van der Waals surface area contributed by atoms with E-state index >= 15 is 0 Å². The van der Waals surface area contributed by atoms with E-state index in [2.05, 4.69) is 10.6 Å². The summed E-state index contributed by atoms with van der Waals surface area (Å²) in [6.45, 7) is 10.6. The molecule has 1 saturated heterocycles. The van der Waals surface area contributed by atoms with E-state index in [1.165, 1.54) is 0 Å². The van der Waals surface area contributed by atoms with Crippen LogP contribution in [0.5, 0.6) is 5.75 Å². The summed E-state index contributed by atoms with van der Waals surface area (Å²) < 4.78 is 16.7. The van der Waals surface area contributed by atoms with Gasteiger partial charge in [0, 0.05) is 57.7 Å². The predicted octanol–water partition coefficient (Wildman–Crippen LogP) is 2.49. The standard InChI is InChI=1S/C29H44N4O6/c1-6-38-18-19(2)31-26(34)20-14-21(17-30-16-20)27(35)33(22-8-9-22)23-10-11-25-24(15-23)32(12-7-13-37-5)28(36)29(3,4)39-25/h10-11,15,19-22,30H,6-9,12-14,16-18H2,1-5H3,(H,31,34)/t19-,20+,21-/m1/s1. The van der Waals surface area contributed by atoms with E-state index in [1.54, 1.807) is 25.9 Å². The number of ether oxygens (including phenoxy) is 3. The van der Waals surface area contributed by atoms with E-state index in [9.17, 15) is 14.4 Å². The number of hydrogen-bond donors (Lipinski definition) is 2. The molecule has 0 spiro atoms. The molecule has 0 bridgehead atoms. The highest BCUT2D eigenvalue weighted by molar-refractivity contribution is 6.04. The monoisotopic (exact) mass is 544 g/mol. The molecule has 3 aliphatic rings. The number of rotatable bonds is 12. The molecule has 1 aromatic rings. The molecule has 1 aromatic carbocycles. The SMILES string of the molecule is CCOC[C@@H](C)NC(=O)[C@@H]1CNC[C@H](C(=O)N(c2ccc3c(c2)N(CCCOC)C(=O)C(C)(C)O3)C2CC2)C1. The van der Waals surface area contributed by atoms with Crippen LogP contribution in [-0.2, 0) is 23.9 Å². The highest BCUT2D eigenvalue weighted by Crippen LogP contribution is 2.43. The van der Waals surface area contributed by atoms with Gasteiger partial charge in [-0.1, -0.05) is 0 Å². The van der Waals surface area contributed by atoms with Crippen molar-refractivity contribution in [3.05, 3.63) is 18.2 Å². The lowest BCUT2D eigenvalue weighted by molar-refractivity contribution is -0.132. The molecule has 0 radical (unpaired) electrons. The van der Waals surface area contributed by atoms with Crippen LogP contribution in [0.1, 0.15) is 53.4 Å². The molecule has 2 N–H and O–H groups in total. The average Bonchev–Trinajstić information content (AvgIpc) is 3.75. The van der Waals surface area contributed by atoms with E-state index in [1.807, 2.05) is 36.9 Å². The third kappa shape index (κ3) is 6.91. The van der Waals surface area contributed by atoms with Crippen LogP contribution < -0.4 is 25.2 Å². The van der Waals surface area contributed by atoms with Crippen LogP contribution in [0.2, 0.25) is 0 Å². The lowest BCUT2D eigenvalue weighted by Gasteiger charge is -2.39. The fraction of sp³-hybridized carbons (Fsp3) is 0.690. The van der Waals surface area contributed by atoms with E-state index in [0.29, 0.717) is 63.7 Å². The fourth-order valence-corrected chi connectivity index (χ4v) is 5.37. The number of fused-ring (bicyclic) bond motifs is 1. The largest absolute Gasteiger partial charge is 0.476 e. The molecular formula is C29H44N4O6. The third-order valence-corrected chi connectivity index (χ3v) is 7.55. The van der Waals surface area contributed by atoms with Crippen LogP contribution in [0.4, 0.5) is 11.4 Å². The summed E-state index contributed by atoms with van der Waals surface area (Å²) in [5, 5.41) is 6.33. The van der Waals surface area contributed by atoms with E-state index in [4.69, 9.17) is 14.2 Å². The van der Waals surface area contributed by atoms with Gasteiger partial charge in [-0.2, -0.15) is 0 Å². The summed E-state index contributed by atoms with van der Waals surface area (Å²) in [6, 6.07) is 5.70. The Kier molecular flexibility index (Phi) is 9.51.